The molecule has 0 rings (SSSR count). The third-order valence-electron chi connectivity index (χ3n) is 2.00. The van der Waals surface area contributed by atoms with Gasteiger partial charge in [-0.15, -0.1) is 0 Å². The summed E-state index contributed by atoms with van der Waals surface area (Å²) < 4.78 is 59.7. The van der Waals surface area contributed by atoms with E-state index in [0.717, 1.165) is 25.7 Å². The summed E-state index contributed by atoms with van der Waals surface area (Å²) in [6.07, 6.45) is 4.53. The number of hydrogen-bond acceptors (Lipinski definition) is 6. The summed E-state index contributed by atoms with van der Waals surface area (Å²) >= 11 is 0. The van der Waals surface area contributed by atoms with Gasteiger partial charge in [0.2, 0.25) is 0 Å². The molecule has 0 aliphatic heterocycles. The summed E-state index contributed by atoms with van der Waals surface area (Å²) in [4.78, 5) is 0. The van der Waals surface area contributed by atoms with Crippen LogP contribution in [0.5, 0.6) is 0 Å². The molecule has 0 saturated heterocycles. The first-order chi connectivity index (χ1) is 8.12. The Kier molecular flexibility index (Phi) is 25.6. The van der Waals surface area contributed by atoms with Crippen molar-refractivity contribution < 1.29 is 85.1 Å². The predicted molar refractivity (Wildman–Crippen MR) is 68.2 cm³/mol. The molecule has 0 spiro atoms. The Morgan fingerprint density at radius 3 is 1.05 bits per heavy atom. The Bertz CT molecular complexity index is 343. The fraction of sp³-hybridized carbons (Fsp3) is 1.00. The van der Waals surface area contributed by atoms with E-state index in [2.05, 4.69) is 0 Å². The maximum absolute atomic E-state index is 9.95. The topological polar surface area (TPSA) is 114 Å². The van der Waals surface area contributed by atoms with Crippen molar-refractivity contribution in [3.63, 3.8) is 0 Å². The molecule has 0 heterocycles. The SMILES string of the molecule is CCCCCS(=O)(=O)[O-].CCCCCS(=O)(=O)[O-].[Na+].[Na+]. The minimum Gasteiger partial charge on any atom is -0.748 e. The molecule has 0 aliphatic carbocycles. The molecule has 0 aromatic rings. The van der Waals surface area contributed by atoms with Gasteiger partial charge in [-0.05, 0) is 12.8 Å². The molecule has 6 nitrogen and oxygen atoms in total. The van der Waals surface area contributed by atoms with Crippen molar-refractivity contribution in [3.8, 4) is 0 Å². The molecule has 0 unspecified atom stereocenters. The Morgan fingerprint density at radius 1 is 0.650 bits per heavy atom. The van der Waals surface area contributed by atoms with Gasteiger partial charge in [0.15, 0.2) is 0 Å². The Balaban J connectivity index is -0.000000116. The van der Waals surface area contributed by atoms with Crippen LogP contribution in [0.3, 0.4) is 0 Å². The van der Waals surface area contributed by atoms with E-state index in [9.17, 15) is 25.9 Å². The van der Waals surface area contributed by atoms with Gasteiger partial charge >= 0.3 is 59.1 Å². The summed E-state index contributed by atoms with van der Waals surface area (Å²) in [6.45, 7) is 3.91. The molecule has 0 aromatic carbocycles. The minimum absolute atomic E-state index is 0. The van der Waals surface area contributed by atoms with Crippen molar-refractivity contribution in [2.45, 2.75) is 52.4 Å². The molecule has 0 saturated carbocycles. The fourth-order valence-corrected chi connectivity index (χ4v) is 2.17. The molecule has 0 radical (unpaired) electrons. The van der Waals surface area contributed by atoms with Crippen LogP contribution in [0, 0.1) is 0 Å². The molecule has 0 atom stereocenters. The molecule has 20 heavy (non-hydrogen) atoms. The van der Waals surface area contributed by atoms with Gasteiger partial charge in [-0.3, -0.25) is 0 Å². The molecule has 112 valence electrons. The van der Waals surface area contributed by atoms with Crippen molar-refractivity contribution in [1.29, 1.82) is 0 Å². The average molecular weight is 348 g/mol. The second-order valence-electron chi connectivity index (χ2n) is 3.94. The molecular weight excluding hydrogens is 326 g/mol. The number of rotatable bonds is 8. The second kappa shape index (κ2) is 17.2. The summed E-state index contributed by atoms with van der Waals surface area (Å²) in [6, 6.07) is 0. The maximum atomic E-state index is 9.95. The predicted octanol–water partition coefficient (Wildman–Crippen LogP) is -4.55. The Hall–Kier alpha value is 1.82. The second-order valence-corrected chi connectivity index (χ2v) is 6.99. The molecule has 0 aromatic heterocycles. The van der Waals surface area contributed by atoms with E-state index in [1.807, 2.05) is 13.8 Å². The Labute approximate surface area is 167 Å². The van der Waals surface area contributed by atoms with Gasteiger partial charge < -0.3 is 9.11 Å². The molecule has 0 N–H and O–H groups in total. The third-order valence-corrected chi connectivity index (χ3v) is 3.57. The van der Waals surface area contributed by atoms with E-state index >= 15 is 0 Å². The standard InChI is InChI=1S/2C5H12O3S.2Na/c2*1-2-3-4-5-9(6,7)8;;/h2*2-5H2,1H3,(H,6,7,8);;/q;;2*+1/p-2. The van der Waals surface area contributed by atoms with E-state index < -0.39 is 20.2 Å². The van der Waals surface area contributed by atoms with Crippen molar-refractivity contribution in [1.82, 2.24) is 0 Å². The van der Waals surface area contributed by atoms with E-state index in [-0.39, 0.29) is 70.6 Å². The van der Waals surface area contributed by atoms with Gasteiger partial charge in [-0.1, -0.05) is 39.5 Å². The minimum atomic E-state index is -3.95. The van der Waals surface area contributed by atoms with E-state index in [1.165, 1.54) is 0 Å². The smallest absolute Gasteiger partial charge is 0.748 e. The summed E-state index contributed by atoms with van der Waals surface area (Å²) in [5.41, 5.74) is 0. The van der Waals surface area contributed by atoms with Crippen LogP contribution in [-0.4, -0.2) is 37.4 Å². The van der Waals surface area contributed by atoms with Crippen LogP contribution in [0.25, 0.3) is 0 Å². The zero-order chi connectivity index (χ0) is 14.7. The monoisotopic (exact) mass is 348 g/mol. The third kappa shape index (κ3) is 36.8. The van der Waals surface area contributed by atoms with Crippen LogP contribution in [0.15, 0.2) is 0 Å². The van der Waals surface area contributed by atoms with Crippen LogP contribution in [0.4, 0.5) is 0 Å². The van der Waals surface area contributed by atoms with Gasteiger partial charge in [-0.25, -0.2) is 16.8 Å². The van der Waals surface area contributed by atoms with Crippen LogP contribution in [0.1, 0.15) is 52.4 Å². The van der Waals surface area contributed by atoms with Crippen LogP contribution in [-0.2, 0) is 20.2 Å². The quantitative estimate of drug-likeness (QED) is 0.248. The van der Waals surface area contributed by atoms with Crippen molar-refractivity contribution in [3.05, 3.63) is 0 Å². The summed E-state index contributed by atoms with van der Waals surface area (Å²) in [5, 5.41) is 0. The normalized spacial score (nSPS) is 10.6. The largest absolute Gasteiger partial charge is 1.00 e. The maximum Gasteiger partial charge on any atom is 1.00 e. The number of unbranched alkanes of at least 4 members (excludes halogenated alkanes) is 4. The van der Waals surface area contributed by atoms with Crippen molar-refractivity contribution >= 4 is 20.2 Å². The summed E-state index contributed by atoms with van der Waals surface area (Å²) in [5.74, 6) is -0.415. The zero-order valence-corrected chi connectivity index (χ0v) is 18.6. The van der Waals surface area contributed by atoms with Gasteiger partial charge in [0, 0.05) is 11.5 Å². The van der Waals surface area contributed by atoms with E-state index in [0.29, 0.717) is 12.8 Å². The van der Waals surface area contributed by atoms with Gasteiger partial charge in [0.1, 0.15) is 0 Å². The van der Waals surface area contributed by atoms with E-state index in [4.69, 9.17) is 0 Å². The molecular formula is C10H22Na2O6S2. The van der Waals surface area contributed by atoms with Crippen LogP contribution < -0.4 is 59.1 Å². The van der Waals surface area contributed by atoms with Crippen molar-refractivity contribution in [2.75, 3.05) is 11.5 Å². The van der Waals surface area contributed by atoms with E-state index in [1.54, 1.807) is 0 Å². The fourth-order valence-electron chi connectivity index (χ4n) is 1.06. The van der Waals surface area contributed by atoms with Gasteiger partial charge in [0.05, 0.1) is 20.2 Å². The number of hydrogen-bond donors (Lipinski definition) is 0. The molecule has 0 amide bonds. The van der Waals surface area contributed by atoms with Gasteiger partial charge in [-0.2, -0.15) is 0 Å². The average Bonchev–Trinajstić information content (AvgIpc) is 2.16. The molecule has 0 aliphatic rings. The first kappa shape index (κ1) is 29.8. The molecule has 10 heteroatoms. The molecule has 0 fully saturated rings. The van der Waals surface area contributed by atoms with Gasteiger partial charge in [0.25, 0.3) is 0 Å². The Morgan fingerprint density at radius 2 is 0.900 bits per heavy atom. The van der Waals surface area contributed by atoms with Crippen LogP contribution >= 0.6 is 0 Å². The first-order valence-corrected chi connectivity index (χ1v) is 9.15. The summed E-state index contributed by atoms with van der Waals surface area (Å²) in [7, 11) is -7.89. The first-order valence-electron chi connectivity index (χ1n) is 5.99. The zero-order valence-electron chi connectivity index (χ0n) is 12.9. The van der Waals surface area contributed by atoms with Crippen molar-refractivity contribution in [2.24, 2.45) is 0 Å². The molecule has 0 bridgehead atoms. The van der Waals surface area contributed by atoms with Crippen LogP contribution in [0.2, 0.25) is 0 Å².